The second-order valence-electron chi connectivity index (χ2n) is 6.10. The largest absolute Gasteiger partial charge is 0.411 e. The number of hydrogen-bond donors (Lipinski definition) is 1. The van der Waals surface area contributed by atoms with E-state index in [4.69, 9.17) is 5.21 Å². The van der Waals surface area contributed by atoms with E-state index < -0.39 is 0 Å². The van der Waals surface area contributed by atoms with Crippen molar-refractivity contribution in [2.45, 2.75) is 32.2 Å². The predicted molar refractivity (Wildman–Crippen MR) is 90.5 cm³/mol. The van der Waals surface area contributed by atoms with Gasteiger partial charge in [-0.2, -0.15) is 0 Å². The minimum atomic E-state index is 0.108. The summed E-state index contributed by atoms with van der Waals surface area (Å²) in [7, 11) is 0. The molecule has 0 saturated heterocycles. The molecule has 1 aromatic carbocycles. The van der Waals surface area contributed by atoms with Crippen LogP contribution in [-0.2, 0) is 19.4 Å². The number of nitrogens with zero attached hydrogens (tertiary/aromatic N) is 2. The van der Waals surface area contributed by atoms with Crippen LogP contribution in [0.4, 0.5) is 0 Å². The highest BCUT2D eigenvalue weighted by atomic mass is 32.1. The summed E-state index contributed by atoms with van der Waals surface area (Å²) in [6.07, 6.45) is 3.53. The fourth-order valence-corrected chi connectivity index (χ4v) is 4.65. The molecule has 0 atom stereocenters. The van der Waals surface area contributed by atoms with Crippen LogP contribution in [0.5, 0.6) is 0 Å². The van der Waals surface area contributed by atoms with E-state index in [0.717, 1.165) is 53.9 Å². The van der Waals surface area contributed by atoms with Gasteiger partial charge in [-0.05, 0) is 42.4 Å². The highest BCUT2D eigenvalue weighted by Gasteiger charge is 2.28. The van der Waals surface area contributed by atoms with Crippen molar-refractivity contribution in [2.75, 3.05) is 6.54 Å². The zero-order valence-electron chi connectivity index (χ0n) is 12.8. The van der Waals surface area contributed by atoms with Crippen molar-refractivity contribution in [3.8, 4) is 0 Å². The fourth-order valence-electron chi connectivity index (χ4n) is 3.53. The number of thiophene rings is 1. The number of rotatable bonds is 1. The number of benzene rings is 1. The third kappa shape index (κ3) is 2.45. The molecule has 0 spiro atoms. The Kier molecular flexibility index (Phi) is 3.65. The molecule has 1 N–H and O–H groups in total. The summed E-state index contributed by atoms with van der Waals surface area (Å²) in [5.74, 6) is 0.108. The maximum atomic E-state index is 13.0. The van der Waals surface area contributed by atoms with Crippen molar-refractivity contribution in [1.82, 2.24) is 4.90 Å². The van der Waals surface area contributed by atoms with Crippen molar-refractivity contribution in [1.29, 1.82) is 0 Å². The lowest BCUT2D eigenvalue weighted by Gasteiger charge is -2.29. The summed E-state index contributed by atoms with van der Waals surface area (Å²) in [5, 5.41) is 14.5. The first-order valence-corrected chi connectivity index (χ1v) is 8.83. The molecular formula is C18H18N2O2S. The number of oxime groups is 1. The molecule has 0 radical (unpaired) electrons. The molecule has 23 heavy (non-hydrogen) atoms. The topological polar surface area (TPSA) is 52.9 Å². The molecular weight excluding hydrogens is 308 g/mol. The first kappa shape index (κ1) is 14.5. The summed E-state index contributed by atoms with van der Waals surface area (Å²) in [4.78, 5) is 15.9. The van der Waals surface area contributed by atoms with Crippen molar-refractivity contribution >= 4 is 23.0 Å². The summed E-state index contributed by atoms with van der Waals surface area (Å²) < 4.78 is 0. The molecule has 0 fully saturated rings. The molecule has 1 aliphatic heterocycles. The van der Waals surface area contributed by atoms with Gasteiger partial charge >= 0.3 is 0 Å². The standard InChI is InChI=1S/C18H18N2O2S/c21-18(20-9-8-12-4-1-2-5-13(12)10-20)15-11-23-17-14(15)6-3-7-16(17)19-22/h1-2,4-5,11,22H,3,6-10H2. The van der Waals surface area contributed by atoms with E-state index in [1.165, 1.54) is 22.5 Å². The molecule has 4 nitrogen and oxygen atoms in total. The van der Waals surface area contributed by atoms with Gasteiger partial charge in [0.25, 0.3) is 5.91 Å². The van der Waals surface area contributed by atoms with Crippen molar-refractivity contribution < 1.29 is 10.0 Å². The lowest BCUT2D eigenvalue weighted by molar-refractivity contribution is 0.0734. The van der Waals surface area contributed by atoms with E-state index in [-0.39, 0.29) is 5.91 Å². The highest BCUT2D eigenvalue weighted by Crippen LogP contribution is 2.32. The Bertz CT molecular complexity index is 794. The molecule has 118 valence electrons. The average Bonchev–Trinajstić information content (AvgIpc) is 3.04. The van der Waals surface area contributed by atoms with Crippen LogP contribution in [0.3, 0.4) is 0 Å². The van der Waals surface area contributed by atoms with Crippen LogP contribution < -0.4 is 0 Å². The first-order valence-electron chi connectivity index (χ1n) is 7.95. The van der Waals surface area contributed by atoms with Crippen molar-refractivity contribution in [3.05, 3.63) is 56.8 Å². The third-order valence-corrected chi connectivity index (χ3v) is 5.84. The fraction of sp³-hybridized carbons (Fsp3) is 0.333. The molecule has 2 aliphatic rings. The van der Waals surface area contributed by atoms with E-state index >= 15 is 0 Å². The second-order valence-corrected chi connectivity index (χ2v) is 6.98. The molecule has 1 aromatic heterocycles. The molecule has 0 bridgehead atoms. The Balaban J connectivity index is 1.63. The quantitative estimate of drug-likeness (QED) is 0.644. The minimum absolute atomic E-state index is 0.108. The van der Waals surface area contributed by atoms with Gasteiger partial charge in [-0.15, -0.1) is 11.3 Å². The van der Waals surface area contributed by atoms with Gasteiger partial charge in [0.1, 0.15) is 0 Å². The first-order chi connectivity index (χ1) is 11.3. The molecule has 1 amide bonds. The monoisotopic (exact) mass is 326 g/mol. The second kappa shape index (κ2) is 5.81. The third-order valence-electron chi connectivity index (χ3n) is 4.77. The summed E-state index contributed by atoms with van der Waals surface area (Å²) in [6, 6.07) is 8.34. The Morgan fingerprint density at radius 2 is 2.00 bits per heavy atom. The smallest absolute Gasteiger partial charge is 0.255 e. The van der Waals surface area contributed by atoms with Crippen LogP contribution in [0.1, 0.15) is 44.8 Å². The minimum Gasteiger partial charge on any atom is -0.411 e. The number of hydrogen-bond acceptors (Lipinski definition) is 4. The van der Waals surface area contributed by atoms with Crippen molar-refractivity contribution in [3.63, 3.8) is 0 Å². The van der Waals surface area contributed by atoms with Crippen LogP contribution in [0, 0.1) is 0 Å². The Hall–Kier alpha value is -2.14. The van der Waals surface area contributed by atoms with E-state index in [9.17, 15) is 4.79 Å². The average molecular weight is 326 g/mol. The Morgan fingerprint density at radius 3 is 2.83 bits per heavy atom. The molecule has 1 aliphatic carbocycles. The van der Waals surface area contributed by atoms with Crippen LogP contribution in [0.2, 0.25) is 0 Å². The lowest BCUT2D eigenvalue weighted by atomic mass is 9.93. The van der Waals surface area contributed by atoms with Crippen LogP contribution >= 0.6 is 11.3 Å². The van der Waals surface area contributed by atoms with E-state index in [2.05, 4.69) is 23.4 Å². The van der Waals surface area contributed by atoms with Gasteiger partial charge in [-0.3, -0.25) is 4.79 Å². The molecule has 0 saturated carbocycles. The molecule has 0 unspecified atom stereocenters. The summed E-state index contributed by atoms with van der Waals surface area (Å²) in [5.41, 5.74) is 5.18. The van der Waals surface area contributed by atoms with Gasteiger partial charge in [0.2, 0.25) is 0 Å². The zero-order chi connectivity index (χ0) is 15.8. The van der Waals surface area contributed by atoms with E-state index in [1.807, 2.05) is 16.3 Å². The van der Waals surface area contributed by atoms with Crippen LogP contribution in [0.15, 0.2) is 34.8 Å². The van der Waals surface area contributed by atoms with Crippen LogP contribution in [0.25, 0.3) is 0 Å². The van der Waals surface area contributed by atoms with E-state index in [1.54, 1.807) is 0 Å². The van der Waals surface area contributed by atoms with Crippen LogP contribution in [-0.4, -0.2) is 28.3 Å². The van der Waals surface area contributed by atoms with Gasteiger partial charge in [-0.1, -0.05) is 29.4 Å². The summed E-state index contributed by atoms with van der Waals surface area (Å²) >= 11 is 1.52. The number of carbonyl (C=O) groups excluding carboxylic acids is 1. The number of carbonyl (C=O) groups is 1. The molecule has 5 heteroatoms. The Labute approximate surface area is 139 Å². The lowest BCUT2D eigenvalue weighted by Crippen LogP contribution is -2.36. The van der Waals surface area contributed by atoms with Gasteiger partial charge in [0, 0.05) is 18.5 Å². The SMILES string of the molecule is O=C(c1csc2c1CCCC2=NO)N1CCc2ccccc2C1. The zero-order valence-corrected chi connectivity index (χ0v) is 13.6. The number of amides is 1. The van der Waals surface area contributed by atoms with Gasteiger partial charge in [0.15, 0.2) is 0 Å². The molecule has 2 heterocycles. The number of fused-ring (bicyclic) bond motifs is 2. The molecule has 4 rings (SSSR count). The van der Waals surface area contributed by atoms with Gasteiger partial charge < -0.3 is 10.1 Å². The highest BCUT2D eigenvalue weighted by molar-refractivity contribution is 7.12. The summed E-state index contributed by atoms with van der Waals surface area (Å²) in [6.45, 7) is 1.45. The predicted octanol–water partition coefficient (Wildman–Crippen LogP) is 3.46. The van der Waals surface area contributed by atoms with Gasteiger partial charge in [-0.25, -0.2) is 0 Å². The Morgan fingerprint density at radius 1 is 1.17 bits per heavy atom. The maximum absolute atomic E-state index is 13.0. The van der Waals surface area contributed by atoms with E-state index in [0.29, 0.717) is 6.54 Å². The van der Waals surface area contributed by atoms with Gasteiger partial charge in [0.05, 0.1) is 16.2 Å². The van der Waals surface area contributed by atoms with Crippen molar-refractivity contribution in [2.24, 2.45) is 5.16 Å². The maximum Gasteiger partial charge on any atom is 0.255 e. The molecule has 2 aromatic rings. The normalized spacial score (nSPS) is 18.6.